The molecule has 0 spiro atoms. The second kappa shape index (κ2) is 7.31. The van der Waals surface area contributed by atoms with Crippen LogP contribution >= 0.6 is 0 Å². The van der Waals surface area contributed by atoms with Gasteiger partial charge in [-0.05, 0) is 30.3 Å². The number of aromatic nitrogens is 2. The number of anilines is 1. The Bertz CT molecular complexity index is 1170. The third-order valence-electron chi connectivity index (χ3n) is 3.29. The monoisotopic (exact) mass is 406 g/mol. The second-order valence-corrected chi connectivity index (χ2v) is 8.54. The maximum Gasteiger partial charge on any atom is 0.261 e. The highest BCUT2D eigenvalue weighted by molar-refractivity contribution is 7.93. The third-order valence-corrected chi connectivity index (χ3v) is 5.58. The SMILES string of the molecule is NS(=O)(=O)c1cccc(S(=O)(=O)Nc2cccc(Oc3cnccn3)c2)c1. The summed E-state index contributed by atoms with van der Waals surface area (Å²) in [5, 5.41) is 5.04. The van der Waals surface area contributed by atoms with Gasteiger partial charge in [0.1, 0.15) is 5.75 Å². The number of nitrogens with two attached hydrogens (primary N) is 1. The predicted molar refractivity (Wildman–Crippen MR) is 97.2 cm³/mol. The molecular weight excluding hydrogens is 392 g/mol. The van der Waals surface area contributed by atoms with Crippen molar-refractivity contribution < 1.29 is 21.6 Å². The summed E-state index contributed by atoms with van der Waals surface area (Å²) in [6, 6.07) is 10.9. The molecule has 11 heteroatoms. The molecule has 0 unspecified atom stereocenters. The summed E-state index contributed by atoms with van der Waals surface area (Å²) in [5.74, 6) is 0.590. The molecule has 0 aliphatic carbocycles. The van der Waals surface area contributed by atoms with Crippen LogP contribution in [0, 0.1) is 0 Å². The van der Waals surface area contributed by atoms with E-state index in [2.05, 4.69) is 14.7 Å². The molecule has 0 saturated carbocycles. The topological polar surface area (TPSA) is 141 Å². The van der Waals surface area contributed by atoms with Crippen molar-refractivity contribution in [2.45, 2.75) is 9.79 Å². The summed E-state index contributed by atoms with van der Waals surface area (Å²) >= 11 is 0. The number of hydrogen-bond acceptors (Lipinski definition) is 7. The van der Waals surface area contributed by atoms with Crippen LogP contribution in [-0.2, 0) is 20.0 Å². The molecule has 140 valence electrons. The van der Waals surface area contributed by atoms with Crippen LogP contribution in [0.15, 0.2) is 76.9 Å². The molecule has 1 heterocycles. The maximum absolute atomic E-state index is 12.5. The summed E-state index contributed by atoms with van der Waals surface area (Å²) in [5.41, 5.74) is 0.220. The maximum atomic E-state index is 12.5. The Morgan fingerprint density at radius 2 is 1.67 bits per heavy atom. The first-order chi connectivity index (χ1) is 12.7. The summed E-state index contributed by atoms with van der Waals surface area (Å²) in [4.78, 5) is 7.30. The summed E-state index contributed by atoms with van der Waals surface area (Å²) in [7, 11) is -8.06. The molecule has 0 bridgehead atoms. The Morgan fingerprint density at radius 3 is 2.37 bits per heavy atom. The van der Waals surface area contributed by atoms with Crippen LogP contribution in [0.25, 0.3) is 0 Å². The van der Waals surface area contributed by atoms with Crippen molar-refractivity contribution in [3.8, 4) is 11.6 Å². The first-order valence-electron chi connectivity index (χ1n) is 7.44. The molecule has 27 heavy (non-hydrogen) atoms. The van der Waals surface area contributed by atoms with Crippen LogP contribution in [0.1, 0.15) is 0 Å². The lowest BCUT2D eigenvalue weighted by Gasteiger charge is -2.10. The van der Waals surface area contributed by atoms with Crippen LogP contribution in [0.2, 0.25) is 0 Å². The van der Waals surface area contributed by atoms with E-state index in [9.17, 15) is 16.8 Å². The summed E-state index contributed by atoms with van der Waals surface area (Å²) < 4.78 is 55.8. The quantitative estimate of drug-likeness (QED) is 0.635. The molecule has 0 aliphatic heterocycles. The minimum absolute atomic E-state index is 0.220. The van der Waals surface area contributed by atoms with Crippen LogP contribution in [-0.4, -0.2) is 26.8 Å². The first kappa shape index (κ1) is 18.8. The minimum Gasteiger partial charge on any atom is -0.437 e. The molecule has 0 atom stereocenters. The number of rotatable bonds is 6. The number of ether oxygens (including phenoxy) is 1. The van der Waals surface area contributed by atoms with Crippen molar-refractivity contribution >= 4 is 25.7 Å². The van der Waals surface area contributed by atoms with Gasteiger partial charge in [0.15, 0.2) is 0 Å². The molecule has 3 rings (SSSR count). The molecule has 0 amide bonds. The second-order valence-electron chi connectivity index (χ2n) is 5.30. The fraction of sp³-hybridized carbons (Fsp3) is 0. The lowest BCUT2D eigenvalue weighted by molar-refractivity contribution is 0.460. The Morgan fingerprint density at radius 1 is 0.926 bits per heavy atom. The zero-order chi connectivity index (χ0) is 19.5. The number of primary sulfonamides is 1. The molecule has 1 aromatic heterocycles. The highest BCUT2D eigenvalue weighted by Gasteiger charge is 2.18. The standard InChI is InChI=1S/C16H14N4O5S2/c17-26(21,22)14-5-2-6-15(10-14)27(23,24)20-12-3-1-4-13(9-12)25-16-11-18-7-8-19-16/h1-11,20H,(H2,17,21,22). The van der Waals surface area contributed by atoms with Gasteiger partial charge in [0, 0.05) is 18.5 Å². The normalized spacial score (nSPS) is 11.7. The Labute approximate surface area is 156 Å². The average Bonchev–Trinajstić information content (AvgIpc) is 2.62. The predicted octanol–water partition coefficient (Wildman–Crippen LogP) is 1.72. The van der Waals surface area contributed by atoms with Gasteiger partial charge < -0.3 is 4.74 Å². The summed E-state index contributed by atoms with van der Waals surface area (Å²) in [6.45, 7) is 0. The average molecular weight is 406 g/mol. The van der Waals surface area contributed by atoms with E-state index < -0.39 is 20.0 Å². The van der Waals surface area contributed by atoms with Crippen LogP contribution in [0.5, 0.6) is 11.6 Å². The van der Waals surface area contributed by atoms with Crippen LogP contribution in [0.4, 0.5) is 5.69 Å². The molecule has 2 aromatic carbocycles. The highest BCUT2D eigenvalue weighted by atomic mass is 32.2. The van der Waals surface area contributed by atoms with Crippen LogP contribution < -0.4 is 14.6 Å². The minimum atomic E-state index is -4.04. The van der Waals surface area contributed by atoms with Gasteiger partial charge in [0.05, 0.1) is 21.7 Å². The van der Waals surface area contributed by atoms with E-state index in [0.29, 0.717) is 5.75 Å². The number of benzene rings is 2. The van der Waals surface area contributed by atoms with Gasteiger partial charge in [-0.2, -0.15) is 0 Å². The summed E-state index contributed by atoms with van der Waals surface area (Å²) in [6.07, 6.45) is 4.36. The van der Waals surface area contributed by atoms with Crippen LogP contribution in [0.3, 0.4) is 0 Å². The number of nitrogens with one attached hydrogen (secondary N) is 1. The van der Waals surface area contributed by atoms with Crippen molar-refractivity contribution in [2.75, 3.05) is 4.72 Å². The van der Waals surface area contributed by atoms with Gasteiger partial charge >= 0.3 is 0 Å². The van der Waals surface area contributed by atoms with Crippen molar-refractivity contribution in [2.24, 2.45) is 5.14 Å². The van der Waals surface area contributed by atoms with Crippen molar-refractivity contribution in [1.82, 2.24) is 9.97 Å². The molecule has 0 saturated heterocycles. The van der Waals surface area contributed by atoms with E-state index in [1.165, 1.54) is 48.9 Å². The zero-order valence-electron chi connectivity index (χ0n) is 13.7. The lowest BCUT2D eigenvalue weighted by Crippen LogP contribution is -2.16. The van der Waals surface area contributed by atoms with Crippen molar-refractivity contribution in [1.29, 1.82) is 0 Å². The fourth-order valence-electron chi connectivity index (χ4n) is 2.11. The zero-order valence-corrected chi connectivity index (χ0v) is 15.3. The van der Waals surface area contributed by atoms with Gasteiger partial charge in [-0.3, -0.25) is 9.71 Å². The van der Waals surface area contributed by atoms with Crippen molar-refractivity contribution in [3.05, 3.63) is 67.1 Å². The molecule has 0 radical (unpaired) electrons. The van der Waals surface area contributed by atoms with Gasteiger partial charge in [0.2, 0.25) is 15.9 Å². The molecule has 9 nitrogen and oxygen atoms in total. The Hall–Kier alpha value is -3.02. The molecule has 3 aromatic rings. The van der Waals surface area contributed by atoms with Crippen molar-refractivity contribution in [3.63, 3.8) is 0 Å². The van der Waals surface area contributed by atoms with Gasteiger partial charge in [-0.1, -0.05) is 12.1 Å². The smallest absolute Gasteiger partial charge is 0.261 e. The Kier molecular flexibility index (Phi) is 5.08. The van der Waals surface area contributed by atoms with E-state index in [1.807, 2.05) is 0 Å². The van der Waals surface area contributed by atoms with E-state index >= 15 is 0 Å². The Balaban J connectivity index is 1.85. The number of hydrogen-bond donors (Lipinski definition) is 2. The lowest BCUT2D eigenvalue weighted by atomic mass is 10.3. The largest absolute Gasteiger partial charge is 0.437 e. The number of nitrogens with zero attached hydrogens (tertiary/aromatic N) is 2. The van der Waals surface area contributed by atoms with E-state index in [-0.39, 0.29) is 21.4 Å². The fourth-order valence-corrected chi connectivity index (χ4v) is 3.84. The van der Waals surface area contributed by atoms with E-state index in [4.69, 9.17) is 9.88 Å². The van der Waals surface area contributed by atoms with Gasteiger partial charge in [0.25, 0.3) is 10.0 Å². The molecule has 0 fully saturated rings. The highest BCUT2D eigenvalue weighted by Crippen LogP contribution is 2.24. The van der Waals surface area contributed by atoms with E-state index in [0.717, 1.165) is 6.07 Å². The molecule has 3 N–H and O–H groups in total. The van der Waals surface area contributed by atoms with Gasteiger partial charge in [-0.15, -0.1) is 0 Å². The van der Waals surface area contributed by atoms with Gasteiger partial charge in [-0.25, -0.2) is 27.0 Å². The van der Waals surface area contributed by atoms with E-state index in [1.54, 1.807) is 12.1 Å². The molecule has 0 aliphatic rings. The number of sulfonamides is 2. The third kappa shape index (κ3) is 4.78. The first-order valence-corrected chi connectivity index (χ1v) is 10.5. The molecular formula is C16H14N4O5S2.